The van der Waals surface area contributed by atoms with Gasteiger partial charge in [0.15, 0.2) is 4.80 Å². The van der Waals surface area contributed by atoms with Gasteiger partial charge in [0.1, 0.15) is 0 Å². The first-order valence-corrected chi connectivity index (χ1v) is 8.13. The van der Waals surface area contributed by atoms with Gasteiger partial charge in [-0.25, -0.2) is 0 Å². The standard InChI is InChI=1S/C14H25N3S/c1-3-15-14-17(4-2)13(12-18-14)8-11-16-9-6-5-7-10-16/h12H,3-11H2,1-2H3. The molecule has 1 fully saturated rings. The van der Waals surface area contributed by atoms with Gasteiger partial charge in [-0.1, -0.05) is 6.42 Å². The Bertz CT molecular complexity index is 413. The Morgan fingerprint density at radius 3 is 2.67 bits per heavy atom. The van der Waals surface area contributed by atoms with Crippen molar-refractivity contribution in [2.45, 2.75) is 46.1 Å². The van der Waals surface area contributed by atoms with E-state index in [0.29, 0.717) is 0 Å². The Hall–Kier alpha value is -0.610. The first-order valence-electron chi connectivity index (χ1n) is 7.25. The number of hydrogen-bond donors (Lipinski definition) is 0. The first-order chi connectivity index (χ1) is 8.85. The van der Waals surface area contributed by atoms with Crippen molar-refractivity contribution in [2.24, 2.45) is 4.99 Å². The fraction of sp³-hybridized carbons (Fsp3) is 0.786. The second kappa shape index (κ2) is 7.10. The first kappa shape index (κ1) is 13.8. The Labute approximate surface area is 114 Å². The summed E-state index contributed by atoms with van der Waals surface area (Å²) in [5.74, 6) is 0. The molecular weight excluding hydrogens is 242 g/mol. The molecule has 18 heavy (non-hydrogen) atoms. The molecule has 0 bridgehead atoms. The van der Waals surface area contributed by atoms with Gasteiger partial charge in [0, 0.05) is 37.1 Å². The van der Waals surface area contributed by atoms with Crippen molar-refractivity contribution in [1.29, 1.82) is 0 Å². The van der Waals surface area contributed by atoms with Crippen LogP contribution in [0.2, 0.25) is 0 Å². The Morgan fingerprint density at radius 2 is 2.00 bits per heavy atom. The van der Waals surface area contributed by atoms with E-state index in [1.807, 2.05) is 0 Å². The van der Waals surface area contributed by atoms with Gasteiger partial charge in [-0.15, -0.1) is 11.3 Å². The topological polar surface area (TPSA) is 20.5 Å². The summed E-state index contributed by atoms with van der Waals surface area (Å²) >= 11 is 1.79. The highest BCUT2D eigenvalue weighted by atomic mass is 32.1. The van der Waals surface area contributed by atoms with E-state index in [1.54, 1.807) is 11.3 Å². The normalized spacial score (nSPS) is 18.4. The highest BCUT2D eigenvalue weighted by molar-refractivity contribution is 7.07. The van der Waals surface area contributed by atoms with E-state index >= 15 is 0 Å². The molecule has 3 nitrogen and oxygen atoms in total. The smallest absolute Gasteiger partial charge is 0.184 e. The number of nitrogens with zero attached hydrogens (tertiary/aromatic N) is 3. The van der Waals surface area contributed by atoms with Gasteiger partial charge in [-0.2, -0.15) is 0 Å². The predicted molar refractivity (Wildman–Crippen MR) is 78.1 cm³/mol. The van der Waals surface area contributed by atoms with Crippen LogP contribution >= 0.6 is 11.3 Å². The maximum absolute atomic E-state index is 4.56. The fourth-order valence-electron chi connectivity index (χ4n) is 2.62. The van der Waals surface area contributed by atoms with Crippen molar-refractivity contribution >= 4 is 11.3 Å². The van der Waals surface area contributed by atoms with Crippen LogP contribution in [-0.4, -0.2) is 35.6 Å². The van der Waals surface area contributed by atoms with Crippen molar-refractivity contribution in [2.75, 3.05) is 26.2 Å². The summed E-state index contributed by atoms with van der Waals surface area (Å²) < 4.78 is 2.37. The zero-order chi connectivity index (χ0) is 12.8. The Kier molecular flexibility index (Phi) is 5.45. The van der Waals surface area contributed by atoms with Crippen LogP contribution in [0.4, 0.5) is 0 Å². The van der Waals surface area contributed by atoms with Gasteiger partial charge in [0.2, 0.25) is 0 Å². The van der Waals surface area contributed by atoms with Crippen molar-refractivity contribution in [3.05, 3.63) is 15.9 Å². The summed E-state index contributed by atoms with van der Waals surface area (Å²) in [5.41, 5.74) is 1.46. The number of hydrogen-bond acceptors (Lipinski definition) is 3. The lowest BCUT2D eigenvalue weighted by Crippen LogP contribution is -2.32. The van der Waals surface area contributed by atoms with Gasteiger partial charge in [-0.3, -0.25) is 4.99 Å². The number of aromatic nitrogens is 1. The van der Waals surface area contributed by atoms with Crippen molar-refractivity contribution in [3.63, 3.8) is 0 Å². The molecule has 4 heteroatoms. The van der Waals surface area contributed by atoms with E-state index in [1.165, 1.54) is 55.8 Å². The van der Waals surface area contributed by atoms with Crippen molar-refractivity contribution in [1.82, 2.24) is 9.47 Å². The van der Waals surface area contributed by atoms with Crippen LogP contribution in [0.3, 0.4) is 0 Å². The molecule has 0 radical (unpaired) electrons. The molecule has 0 unspecified atom stereocenters. The molecule has 102 valence electrons. The monoisotopic (exact) mass is 267 g/mol. The van der Waals surface area contributed by atoms with Gasteiger partial charge in [0.25, 0.3) is 0 Å². The minimum Gasteiger partial charge on any atom is -0.321 e. The van der Waals surface area contributed by atoms with E-state index < -0.39 is 0 Å². The van der Waals surface area contributed by atoms with Crippen LogP contribution in [0.5, 0.6) is 0 Å². The zero-order valence-electron chi connectivity index (χ0n) is 11.7. The van der Waals surface area contributed by atoms with E-state index in [0.717, 1.165) is 13.1 Å². The molecule has 1 aliphatic rings. The molecule has 1 aliphatic heterocycles. The molecule has 0 saturated carbocycles. The van der Waals surface area contributed by atoms with Crippen LogP contribution in [-0.2, 0) is 13.0 Å². The molecule has 0 atom stereocenters. The lowest BCUT2D eigenvalue weighted by atomic mass is 10.1. The average molecular weight is 267 g/mol. The van der Waals surface area contributed by atoms with Crippen LogP contribution in [0, 0.1) is 0 Å². The summed E-state index contributed by atoms with van der Waals surface area (Å²) in [6, 6.07) is 0. The summed E-state index contributed by atoms with van der Waals surface area (Å²) in [4.78, 5) is 8.36. The third kappa shape index (κ3) is 3.45. The largest absolute Gasteiger partial charge is 0.321 e. The minimum absolute atomic E-state index is 0.881. The predicted octanol–water partition coefficient (Wildman–Crippen LogP) is 2.52. The quantitative estimate of drug-likeness (QED) is 0.803. The van der Waals surface area contributed by atoms with Crippen molar-refractivity contribution < 1.29 is 0 Å². The molecule has 2 heterocycles. The molecular formula is C14H25N3S. The van der Waals surface area contributed by atoms with E-state index in [4.69, 9.17) is 0 Å². The Balaban J connectivity index is 1.98. The third-order valence-electron chi connectivity index (χ3n) is 3.62. The lowest BCUT2D eigenvalue weighted by Gasteiger charge is -2.26. The highest BCUT2D eigenvalue weighted by Gasteiger charge is 2.11. The molecule has 0 aliphatic carbocycles. The van der Waals surface area contributed by atoms with Crippen molar-refractivity contribution in [3.8, 4) is 0 Å². The summed E-state index contributed by atoms with van der Waals surface area (Å²) in [5, 5.41) is 2.29. The molecule has 1 aromatic rings. The van der Waals surface area contributed by atoms with Gasteiger partial charge in [-0.05, 0) is 39.8 Å². The van der Waals surface area contributed by atoms with Crippen LogP contribution in [0.15, 0.2) is 10.4 Å². The zero-order valence-corrected chi connectivity index (χ0v) is 12.5. The molecule has 2 rings (SSSR count). The Morgan fingerprint density at radius 1 is 1.22 bits per heavy atom. The maximum atomic E-state index is 4.56. The molecule has 0 aromatic carbocycles. The third-order valence-corrected chi connectivity index (χ3v) is 4.57. The summed E-state index contributed by atoms with van der Waals surface area (Å²) in [7, 11) is 0. The molecule has 0 spiro atoms. The van der Waals surface area contributed by atoms with Gasteiger partial charge < -0.3 is 9.47 Å². The van der Waals surface area contributed by atoms with Gasteiger partial charge in [0.05, 0.1) is 0 Å². The minimum atomic E-state index is 0.881. The number of thiazole rings is 1. The van der Waals surface area contributed by atoms with E-state index in [2.05, 4.69) is 33.7 Å². The van der Waals surface area contributed by atoms with Gasteiger partial charge >= 0.3 is 0 Å². The highest BCUT2D eigenvalue weighted by Crippen LogP contribution is 2.10. The average Bonchev–Trinajstić information content (AvgIpc) is 2.80. The molecule has 0 amide bonds. The van der Waals surface area contributed by atoms with Crippen LogP contribution in [0.1, 0.15) is 38.8 Å². The summed E-state index contributed by atoms with van der Waals surface area (Å²) in [6.07, 6.45) is 5.36. The number of likely N-dealkylation sites (tertiary alicyclic amines) is 1. The number of rotatable bonds is 5. The molecule has 1 saturated heterocycles. The number of piperidine rings is 1. The van der Waals surface area contributed by atoms with Crippen LogP contribution in [0.25, 0.3) is 0 Å². The van der Waals surface area contributed by atoms with Crippen LogP contribution < -0.4 is 4.80 Å². The maximum Gasteiger partial charge on any atom is 0.184 e. The second-order valence-corrected chi connectivity index (χ2v) is 5.72. The molecule has 0 N–H and O–H groups in total. The lowest BCUT2D eigenvalue weighted by molar-refractivity contribution is 0.230. The molecule has 1 aromatic heterocycles. The van der Waals surface area contributed by atoms with E-state index in [-0.39, 0.29) is 0 Å². The SMILES string of the molecule is CCN=c1scc(CCN2CCCCC2)n1CC. The van der Waals surface area contributed by atoms with E-state index in [9.17, 15) is 0 Å². The fourth-order valence-corrected chi connectivity index (χ4v) is 3.68. The second-order valence-electron chi connectivity index (χ2n) is 4.88. The summed E-state index contributed by atoms with van der Waals surface area (Å²) in [6.45, 7) is 10.0.